The molecule has 5 nitrogen and oxygen atoms in total. The first kappa shape index (κ1) is 12.4. The highest BCUT2D eigenvalue weighted by Crippen LogP contribution is 2.05. The Labute approximate surface area is 90.9 Å². The first-order valence-corrected chi connectivity index (χ1v) is 5.48. The Morgan fingerprint density at radius 1 is 1.53 bits per heavy atom. The van der Waals surface area contributed by atoms with Crippen LogP contribution in [0.5, 0.6) is 0 Å². The minimum atomic E-state index is -0.548. The van der Waals surface area contributed by atoms with E-state index < -0.39 is 6.04 Å². The summed E-state index contributed by atoms with van der Waals surface area (Å²) in [6.45, 7) is 4.18. The van der Waals surface area contributed by atoms with Crippen molar-refractivity contribution in [1.82, 2.24) is 10.2 Å². The summed E-state index contributed by atoms with van der Waals surface area (Å²) in [5.74, 6) is -0.129. The van der Waals surface area contributed by atoms with Gasteiger partial charge in [-0.25, -0.2) is 0 Å². The van der Waals surface area contributed by atoms with Crippen LogP contribution in [0.2, 0.25) is 0 Å². The molecule has 1 saturated heterocycles. The molecule has 1 aliphatic rings. The minimum Gasteiger partial charge on any atom is -0.383 e. The SMILES string of the molecule is COCC(N)C(=O)NCCN1CCCC1. The summed E-state index contributed by atoms with van der Waals surface area (Å²) in [5, 5.41) is 2.81. The molecule has 1 fully saturated rings. The van der Waals surface area contributed by atoms with Crippen molar-refractivity contribution >= 4 is 5.91 Å². The number of hydrogen-bond donors (Lipinski definition) is 2. The van der Waals surface area contributed by atoms with Gasteiger partial charge in [0.25, 0.3) is 0 Å². The van der Waals surface area contributed by atoms with Crippen LogP contribution in [-0.4, -0.2) is 56.7 Å². The van der Waals surface area contributed by atoms with E-state index in [0.29, 0.717) is 6.54 Å². The fourth-order valence-electron chi connectivity index (χ4n) is 1.73. The molecule has 1 heterocycles. The fraction of sp³-hybridized carbons (Fsp3) is 0.900. The summed E-state index contributed by atoms with van der Waals surface area (Å²) in [6.07, 6.45) is 2.55. The van der Waals surface area contributed by atoms with Crippen molar-refractivity contribution in [2.45, 2.75) is 18.9 Å². The number of methoxy groups -OCH3 is 1. The summed E-state index contributed by atoms with van der Waals surface area (Å²) in [7, 11) is 1.54. The van der Waals surface area contributed by atoms with Crippen molar-refractivity contribution in [2.75, 3.05) is 39.9 Å². The predicted molar refractivity (Wildman–Crippen MR) is 58.5 cm³/mol. The number of amides is 1. The summed E-state index contributed by atoms with van der Waals surface area (Å²) in [6, 6.07) is -0.548. The number of nitrogens with two attached hydrogens (primary N) is 1. The molecule has 1 rings (SSSR count). The smallest absolute Gasteiger partial charge is 0.239 e. The minimum absolute atomic E-state index is 0.129. The number of ether oxygens (including phenoxy) is 1. The standard InChI is InChI=1S/C10H21N3O2/c1-15-8-9(11)10(14)12-4-7-13-5-2-3-6-13/h9H,2-8,11H2,1H3,(H,12,14). The molecule has 0 aromatic heterocycles. The normalized spacial score (nSPS) is 19.1. The van der Waals surface area contributed by atoms with Gasteiger partial charge in [0, 0.05) is 20.2 Å². The molecule has 0 aromatic carbocycles. The van der Waals surface area contributed by atoms with E-state index in [1.807, 2.05) is 0 Å². The van der Waals surface area contributed by atoms with Gasteiger partial charge in [0.2, 0.25) is 5.91 Å². The van der Waals surface area contributed by atoms with E-state index in [4.69, 9.17) is 10.5 Å². The molecular formula is C10H21N3O2. The lowest BCUT2D eigenvalue weighted by Crippen LogP contribution is -2.45. The summed E-state index contributed by atoms with van der Waals surface area (Å²) in [4.78, 5) is 13.7. The van der Waals surface area contributed by atoms with Crippen LogP contribution < -0.4 is 11.1 Å². The lowest BCUT2D eigenvalue weighted by molar-refractivity contribution is -0.123. The third-order valence-electron chi connectivity index (χ3n) is 2.61. The molecule has 0 spiro atoms. The number of hydrogen-bond acceptors (Lipinski definition) is 4. The highest BCUT2D eigenvalue weighted by Gasteiger charge is 2.14. The number of rotatable bonds is 6. The Morgan fingerprint density at radius 2 is 2.20 bits per heavy atom. The zero-order chi connectivity index (χ0) is 11.1. The Balaban J connectivity index is 2.05. The van der Waals surface area contributed by atoms with Crippen molar-refractivity contribution in [3.8, 4) is 0 Å². The van der Waals surface area contributed by atoms with Crippen molar-refractivity contribution in [3.63, 3.8) is 0 Å². The number of nitrogens with zero attached hydrogens (tertiary/aromatic N) is 1. The van der Waals surface area contributed by atoms with E-state index in [1.54, 1.807) is 0 Å². The summed E-state index contributed by atoms with van der Waals surface area (Å²) >= 11 is 0. The first-order valence-electron chi connectivity index (χ1n) is 5.48. The second kappa shape index (κ2) is 6.76. The molecule has 3 N–H and O–H groups in total. The Kier molecular flexibility index (Phi) is 5.60. The highest BCUT2D eigenvalue weighted by atomic mass is 16.5. The molecule has 15 heavy (non-hydrogen) atoms. The molecule has 0 saturated carbocycles. The second-order valence-corrected chi connectivity index (χ2v) is 3.90. The number of nitrogens with one attached hydrogen (secondary N) is 1. The molecular weight excluding hydrogens is 194 g/mol. The van der Waals surface area contributed by atoms with Gasteiger partial charge in [-0.05, 0) is 25.9 Å². The quantitative estimate of drug-likeness (QED) is 0.607. The molecule has 0 aliphatic carbocycles. The Morgan fingerprint density at radius 3 is 2.80 bits per heavy atom. The topological polar surface area (TPSA) is 67.6 Å². The lowest BCUT2D eigenvalue weighted by Gasteiger charge is -2.16. The average molecular weight is 215 g/mol. The first-order chi connectivity index (χ1) is 7.24. The van der Waals surface area contributed by atoms with Crippen LogP contribution in [0.15, 0.2) is 0 Å². The molecule has 1 unspecified atom stereocenters. The van der Waals surface area contributed by atoms with Gasteiger partial charge >= 0.3 is 0 Å². The molecule has 1 atom stereocenters. The Hall–Kier alpha value is -0.650. The monoisotopic (exact) mass is 215 g/mol. The third kappa shape index (κ3) is 4.59. The van der Waals surface area contributed by atoms with Gasteiger partial charge in [0.1, 0.15) is 6.04 Å². The van der Waals surface area contributed by atoms with Crippen molar-refractivity contribution in [3.05, 3.63) is 0 Å². The number of carbonyl (C=O) groups is 1. The van der Waals surface area contributed by atoms with E-state index in [9.17, 15) is 4.79 Å². The van der Waals surface area contributed by atoms with Crippen LogP contribution in [0.1, 0.15) is 12.8 Å². The highest BCUT2D eigenvalue weighted by molar-refractivity contribution is 5.81. The van der Waals surface area contributed by atoms with E-state index in [0.717, 1.165) is 19.6 Å². The molecule has 88 valence electrons. The number of likely N-dealkylation sites (tertiary alicyclic amines) is 1. The van der Waals surface area contributed by atoms with Crippen molar-refractivity contribution in [1.29, 1.82) is 0 Å². The maximum atomic E-state index is 11.4. The van der Waals surface area contributed by atoms with E-state index in [-0.39, 0.29) is 12.5 Å². The van der Waals surface area contributed by atoms with Crippen LogP contribution in [0.4, 0.5) is 0 Å². The van der Waals surface area contributed by atoms with Gasteiger partial charge in [-0.2, -0.15) is 0 Å². The van der Waals surface area contributed by atoms with Crippen LogP contribution in [0.3, 0.4) is 0 Å². The van der Waals surface area contributed by atoms with Gasteiger partial charge in [0.15, 0.2) is 0 Å². The van der Waals surface area contributed by atoms with Crippen molar-refractivity contribution < 1.29 is 9.53 Å². The predicted octanol–water partition coefficient (Wildman–Crippen LogP) is -0.828. The van der Waals surface area contributed by atoms with E-state index in [1.165, 1.54) is 20.0 Å². The average Bonchev–Trinajstić information content (AvgIpc) is 2.71. The van der Waals surface area contributed by atoms with Gasteiger partial charge in [0.05, 0.1) is 6.61 Å². The van der Waals surface area contributed by atoms with E-state index in [2.05, 4.69) is 10.2 Å². The molecule has 0 aromatic rings. The summed E-state index contributed by atoms with van der Waals surface area (Å²) < 4.78 is 4.81. The molecule has 1 amide bonds. The van der Waals surface area contributed by atoms with E-state index >= 15 is 0 Å². The van der Waals surface area contributed by atoms with Gasteiger partial charge in [-0.1, -0.05) is 0 Å². The second-order valence-electron chi connectivity index (χ2n) is 3.90. The zero-order valence-electron chi connectivity index (χ0n) is 9.37. The zero-order valence-corrected chi connectivity index (χ0v) is 9.37. The molecule has 1 aliphatic heterocycles. The maximum Gasteiger partial charge on any atom is 0.239 e. The molecule has 0 bridgehead atoms. The fourth-order valence-corrected chi connectivity index (χ4v) is 1.73. The number of carbonyl (C=O) groups excluding carboxylic acids is 1. The largest absolute Gasteiger partial charge is 0.383 e. The summed E-state index contributed by atoms with van der Waals surface area (Å²) in [5.41, 5.74) is 5.57. The van der Waals surface area contributed by atoms with Crippen LogP contribution in [-0.2, 0) is 9.53 Å². The maximum absolute atomic E-state index is 11.4. The molecule has 5 heteroatoms. The van der Waals surface area contributed by atoms with Gasteiger partial charge < -0.3 is 20.7 Å². The third-order valence-corrected chi connectivity index (χ3v) is 2.61. The molecule has 0 radical (unpaired) electrons. The van der Waals surface area contributed by atoms with Gasteiger partial charge in [-0.3, -0.25) is 4.79 Å². The Bertz CT molecular complexity index is 193. The van der Waals surface area contributed by atoms with Gasteiger partial charge in [-0.15, -0.1) is 0 Å². The van der Waals surface area contributed by atoms with Crippen LogP contribution >= 0.6 is 0 Å². The van der Waals surface area contributed by atoms with Crippen molar-refractivity contribution in [2.24, 2.45) is 5.73 Å². The van der Waals surface area contributed by atoms with Crippen LogP contribution in [0.25, 0.3) is 0 Å². The lowest BCUT2D eigenvalue weighted by atomic mass is 10.3. The van der Waals surface area contributed by atoms with Crippen LogP contribution in [0, 0.1) is 0 Å².